The van der Waals surface area contributed by atoms with Crippen molar-refractivity contribution in [3.8, 4) is 0 Å². The third kappa shape index (κ3) is 11.2. The minimum atomic E-state index is -4.56. The number of aliphatic hydroxyl groups excluding tert-OH is 1. The van der Waals surface area contributed by atoms with Crippen LogP contribution < -0.4 is 5.32 Å². The number of hydrogen-bond donors (Lipinski definition) is 4. The predicted octanol–water partition coefficient (Wildman–Crippen LogP) is 2.67. The zero-order chi connectivity index (χ0) is 17.1. The summed E-state index contributed by atoms with van der Waals surface area (Å²) in [6, 6.07) is 1.74. The van der Waals surface area contributed by atoms with Crippen molar-refractivity contribution >= 4 is 7.82 Å². The van der Waals surface area contributed by atoms with Crippen LogP contribution in [0.1, 0.15) is 64.2 Å². The van der Waals surface area contributed by atoms with Crippen molar-refractivity contribution in [1.29, 1.82) is 0 Å². The van der Waals surface area contributed by atoms with E-state index in [1.165, 1.54) is 64.2 Å². The first-order chi connectivity index (χ1) is 10.9. The molecule has 23 heavy (non-hydrogen) atoms. The molecule has 2 aliphatic carbocycles. The lowest BCUT2D eigenvalue weighted by atomic mass is 9.91. The number of phosphoric ester groups is 1. The maximum atomic E-state index is 11.4. The van der Waals surface area contributed by atoms with Crippen LogP contribution in [0.4, 0.5) is 4.39 Å². The lowest BCUT2D eigenvalue weighted by Crippen LogP contribution is -2.40. The maximum Gasteiger partial charge on any atom is 0.469 e. The first-order valence-corrected chi connectivity index (χ1v) is 10.1. The van der Waals surface area contributed by atoms with Crippen molar-refractivity contribution < 1.29 is 28.4 Å². The molecule has 0 aromatic carbocycles. The Morgan fingerprint density at radius 2 is 1.43 bits per heavy atom. The molecule has 0 aromatic heterocycles. The van der Waals surface area contributed by atoms with Gasteiger partial charge in [0.05, 0.1) is 6.61 Å². The van der Waals surface area contributed by atoms with Crippen LogP contribution in [0.5, 0.6) is 0 Å². The minimum absolute atomic E-state index is 0.694. The minimum Gasteiger partial charge on any atom is -0.388 e. The zero-order valence-electron chi connectivity index (χ0n) is 13.7. The largest absolute Gasteiger partial charge is 0.469 e. The molecule has 6 nitrogen and oxygen atoms in total. The van der Waals surface area contributed by atoms with E-state index in [-0.39, 0.29) is 0 Å². The van der Waals surface area contributed by atoms with Gasteiger partial charge in [-0.3, -0.25) is 4.52 Å². The van der Waals surface area contributed by atoms with Gasteiger partial charge in [0.1, 0.15) is 12.8 Å². The molecular formula is C15H31FNO5P. The molecule has 2 rings (SSSR count). The van der Waals surface area contributed by atoms with Gasteiger partial charge < -0.3 is 20.2 Å². The Kier molecular flexibility index (Phi) is 10.5. The van der Waals surface area contributed by atoms with Gasteiger partial charge in [-0.25, -0.2) is 8.96 Å². The summed E-state index contributed by atoms with van der Waals surface area (Å²) in [7, 11) is -4.56. The fraction of sp³-hybridized carbons (Fsp3) is 1.00. The predicted molar refractivity (Wildman–Crippen MR) is 86.9 cm³/mol. The Balaban J connectivity index is 0.000000241. The summed E-state index contributed by atoms with van der Waals surface area (Å²) in [5.74, 6) is 0. The molecular weight excluding hydrogens is 324 g/mol. The van der Waals surface area contributed by atoms with Gasteiger partial charge in [-0.15, -0.1) is 0 Å². The van der Waals surface area contributed by atoms with Crippen molar-refractivity contribution in [1.82, 2.24) is 5.32 Å². The molecule has 2 saturated carbocycles. The SMILES string of the molecule is C1CCC(NC2CCCCC2)CC1.O=P(O)(O)OCC(O)CF. The van der Waals surface area contributed by atoms with Crippen molar-refractivity contribution in [3.05, 3.63) is 0 Å². The van der Waals surface area contributed by atoms with Gasteiger partial charge in [0.15, 0.2) is 0 Å². The van der Waals surface area contributed by atoms with E-state index in [0.29, 0.717) is 0 Å². The Bertz CT molecular complexity index is 327. The molecule has 0 aromatic rings. The van der Waals surface area contributed by atoms with Crippen molar-refractivity contribution in [2.45, 2.75) is 82.4 Å². The average Bonchev–Trinajstić information content (AvgIpc) is 2.54. The van der Waals surface area contributed by atoms with Gasteiger partial charge >= 0.3 is 7.82 Å². The van der Waals surface area contributed by atoms with Crippen LogP contribution in [0.15, 0.2) is 0 Å². The molecule has 138 valence electrons. The lowest BCUT2D eigenvalue weighted by molar-refractivity contribution is 0.0671. The highest BCUT2D eigenvalue weighted by atomic mass is 31.2. The van der Waals surface area contributed by atoms with E-state index < -0.39 is 27.2 Å². The Hall–Kier alpha value is -0.0400. The quantitative estimate of drug-likeness (QED) is 0.547. The van der Waals surface area contributed by atoms with E-state index in [1.54, 1.807) is 0 Å². The van der Waals surface area contributed by atoms with E-state index >= 15 is 0 Å². The van der Waals surface area contributed by atoms with Crippen molar-refractivity contribution in [3.63, 3.8) is 0 Å². The topological polar surface area (TPSA) is 99.0 Å². The van der Waals surface area contributed by atoms with E-state index in [0.717, 1.165) is 12.1 Å². The van der Waals surface area contributed by atoms with Crippen LogP contribution in [0.2, 0.25) is 0 Å². The lowest BCUT2D eigenvalue weighted by Gasteiger charge is -2.30. The number of alkyl halides is 1. The van der Waals surface area contributed by atoms with E-state index in [4.69, 9.17) is 14.9 Å². The first-order valence-electron chi connectivity index (χ1n) is 8.61. The Morgan fingerprint density at radius 1 is 1.00 bits per heavy atom. The van der Waals surface area contributed by atoms with Crippen LogP contribution >= 0.6 is 7.82 Å². The molecule has 0 aliphatic heterocycles. The molecule has 0 bridgehead atoms. The number of aliphatic hydroxyl groups is 1. The van der Waals surface area contributed by atoms with Crippen LogP contribution in [-0.2, 0) is 9.09 Å². The molecule has 0 heterocycles. The Labute approximate surface area is 138 Å². The fourth-order valence-electron chi connectivity index (χ4n) is 3.10. The van der Waals surface area contributed by atoms with Gasteiger partial charge in [-0.05, 0) is 25.7 Å². The van der Waals surface area contributed by atoms with Crippen molar-refractivity contribution in [2.24, 2.45) is 0 Å². The summed E-state index contributed by atoms with van der Waals surface area (Å²) >= 11 is 0. The number of halogens is 1. The third-order valence-corrected chi connectivity index (χ3v) is 4.78. The van der Waals surface area contributed by atoms with Gasteiger partial charge in [0.25, 0.3) is 0 Å². The van der Waals surface area contributed by atoms with E-state index in [1.807, 2.05) is 0 Å². The summed E-state index contributed by atoms with van der Waals surface area (Å²) in [5, 5.41) is 12.2. The fourth-order valence-corrected chi connectivity index (χ4v) is 3.47. The summed E-state index contributed by atoms with van der Waals surface area (Å²) < 4.78 is 25.0. The summed E-state index contributed by atoms with van der Waals surface area (Å²) in [6.07, 6.45) is 13.1. The smallest absolute Gasteiger partial charge is 0.388 e. The van der Waals surface area contributed by atoms with Gasteiger partial charge in [0.2, 0.25) is 0 Å². The number of nitrogens with one attached hydrogen (secondary N) is 1. The highest BCUT2D eigenvalue weighted by molar-refractivity contribution is 7.46. The molecule has 2 fully saturated rings. The molecule has 1 atom stereocenters. The van der Waals surface area contributed by atoms with Crippen LogP contribution in [0.25, 0.3) is 0 Å². The van der Waals surface area contributed by atoms with Crippen LogP contribution in [0, 0.1) is 0 Å². The van der Waals surface area contributed by atoms with Crippen molar-refractivity contribution in [2.75, 3.05) is 13.3 Å². The highest BCUT2D eigenvalue weighted by Crippen LogP contribution is 2.35. The highest BCUT2D eigenvalue weighted by Gasteiger charge is 2.19. The second-order valence-electron chi connectivity index (χ2n) is 6.43. The molecule has 0 amide bonds. The monoisotopic (exact) mass is 355 g/mol. The summed E-state index contributed by atoms with van der Waals surface area (Å²) in [4.78, 5) is 16.0. The molecule has 0 radical (unpaired) electrons. The maximum absolute atomic E-state index is 11.4. The number of phosphoric acid groups is 1. The second kappa shape index (κ2) is 11.5. The normalized spacial score (nSPS) is 22.3. The van der Waals surface area contributed by atoms with Gasteiger partial charge in [-0.1, -0.05) is 38.5 Å². The molecule has 8 heteroatoms. The van der Waals surface area contributed by atoms with Crippen LogP contribution in [0.3, 0.4) is 0 Å². The number of hydrogen-bond acceptors (Lipinski definition) is 4. The standard InChI is InChI=1S/C12H23N.C3H8FO5P/c1-3-7-11(8-4-1)13-12-9-5-2-6-10-12;4-1-3(5)2-9-10(6,7)8/h11-13H,1-10H2;3,5H,1-2H2,(H2,6,7,8). The molecule has 1 unspecified atom stereocenters. The van der Waals surface area contributed by atoms with Gasteiger partial charge in [0, 0.05) is 12.1 Å². The third-order valence-electron chi connectivity index (χ3n) is 4.29. The van der Waals surface area contributed by atoms with Gasteiger partial charge in [-0.2, -0.15) is 0 Å². The second-order valence-corrected chi connectivity index (χ2v) is 7.67. The molecule has 0 saturated heterocycles. The molecule has 2 aliphatic rings. The molecule has 0 spiro atoms. The van der Waals surface area contributed by atoms with E-state index in [2.05, 4.69) is 9.84 Å². The average molecular weight is 355 g/mol. The number of rotatable bonds is 6. The zero-order valence-corrected chi connectivity index (χ0v) is 14.6. The molecule has 4 N–H and O–H groups in total. The Morgan fingerprint density at radius 3 is 1.78 bits per heavy atom. The summed E-state index contributed by atoms with van der Waals surface area (Å²) in [5.41, 5.74) is 0. The first kappa shape index (κ1) is 21.0. The van der Waals surface area contributed by atoms with E-state index in [9.17, 15) is 8.96 Å². The van der Waals surface area contributed by atoms with Crippen LogP contribution in [-0.4, -0.2) is 46.4 Å². The summed E-state index contributed by atoms with van der Waals surface area (Å²) in [6.45, 7) is -1.78.